The van der Waals surface area contributed by atoms with Gasteiger partial charge in [-0.05, 0) is 12.5 Å². The number of nitrogens with zero attached hydrogens (tertiary/aromatic N) is 1. The molecule has 18 heavy (non-hydrogen) atoms. The van der Waals surface area contributed by atoms with Crippen LogP contribution in [0.25, 0.3) is 11.0 Å². The van der Waals surface area contributed by atoms with Crippen LogP contribution in [0.2, 0.25) is 0 Å². The maximum absolute atomic E-state index is 9.24. The molecule has 2 rings (SSSR count). The van der Waals surface area contributed by atoms with Gasteiger partial charge in [0.25, 0.3) is 0 Å². The van der Waals surface area contributed by atoms with Crippen LogP contribution >= 0.6 is 0 Å². The molecule has 4 nitrogen and oxygen atoms in total. The summed E-state index contributed by atoms with van der Waals surface area (Å²) < 4.78 is 16.2. The van der Waals surface area contributed by atoms with Gasteiger partial charge >= 0.3 is 0 Å². The van der Waals surface area contributed by atoms with Gasteiger partial charge in [-0.1, -0.05) is 6.92 Å². The fourth-order valence-electron chi connectivity index (χ4n) is 2.00. The Morgan fingerprint density at radius 3 is 2.44 bits per heavy atom. The highest BCUT2D eigenvalue weighted by atomic mass is 16.5. The summed E-state index contributed by atoms with van der Waals surface area (Å²) in [7, 11) is 3.15. The van der Waals surface area contributed by atoms with Crippen molar-refractivity contribution in [3.05, 3.63) is 23.5 Å². The highest BCUT2D eigenvalue weighted by Gasteiger charge is 2.16. The normalized spacial score (nSPS) is 10.3. The Hall–Kier alpha value is -2.15. The second-order valence-corrected chi connectivity index (χ2v) is 3.97. The first-order valence-electron chi connectivity index (χ1n) is 5.82. The second kappa shape index (κ2) is 5.01. The molecule has 0 radical (unpaired) electrons. The van der Waals surface area contributed by atoms with Crippen LogP contribution < -0.4 is 9.47 Å². The quantitative estimate of drug-likeness (QED) is 0.829. The predicted molar refractivity (Wildman–Crippen MR) is 68.0 cm³/mol. The fraction of sp³-hybridized carbons (Fsp3) is 0.357. The molecule has 0 aliphatic rings. The predicted octanol–water partition coefficient (Wildman–Crippen LogP) is 3.27. The molecule has 0 N–H and O–H groups in total. The SMILES string of the molecule is CCCc1oc2cc(OC)c(OC)cc2c1C#N. The molecule has 0 aliphatic carbocycles. The van der Waals surface area contributed by atoms with E-state index < -0.39 is 0 Å². The number of rotatable bonds is 4. The fourth-order valence-corrected chi connectivity index (χ4v) is 2.00. The van der Waals surface area contributed by atoms with Crippen LogP contribution in [0.5, 0.6) is 11.5 Å². The van der Waals surface area contributed by atoms with Crippen molar-refractivity contribution in [3.8, 4) is 17.6 Å². The third-order valence-corrected chi connectivity index (χ3v) is 2.86. The lowest BCUT2D eigenvalue weighted by molar-refractivity contribution is 0.355. The van der Waals surface area contributed by atoms with Crippen LogP contribution in [0.1, 0.15) is 24.7 Å². The maximum Gasteiger partial charge on any atom is 0.164 e. The van der Waals surface area contributed by atoms with Crippen LogP contribution in [-0.2, 0) is 6.42 Å². The van der Waals surface area contributed by atoms with E-state index in [9.17, 15) is 5.26 Å². The topological polar surface area (TPSA) is 55.4 Å². The van der Waals surface area contributed by atoms with Gasteiger partial charge in [0.15, 0.2) is 11.5 Å². The minimum atomic E-state index is 0.591. The van der Waals surface area contributed by atoms with E-state index in [1.54, 1.807) is 26.4 Å². The minimum absolute atomic E-state index is 0.591. The molecule has 0 atom stereocenters. The number of hydrogen-bond donors (Lipinski definition) is 0. The number of ether oxygens (including phenoxy) is 2. The number of fused-ring (bicyclic) bond motifs is 1. The summed E-state index contributed by atoms with van der Waals surface area (Å²) in [6, 6.07) is 5.75. The van der Waals surface area contributed by atoms with E-state index in [4.69, 9.17) is 13.9 Å². The Labute approximate surface area is 106 Å². The highest BCUT2D eigenvalue weighted by Crippen LogP contribution is 2.36. The molecule has 94 valence electrons. The summed E-state index contributed by atoms with van der Waals surface area (Å²) in [4.78, 5) is 0. The first-order chi connectivity index (χ1) is 8.74. The number of furan rings is 1. The summed E-state index contributed by atoms with van der Waals surface area (Å²) in [5.41, 5.74) is 1.25. The van der Waals surface area contributed by atoms with Gasteiger partial charge < -0.3 is 13.9 Å². The maximum atomic E-state index is 9.24. The third kappa shape index (κ3) is 1.88. The molecule has 0 amide bonds. The van der Waals surface area contributed by atoms with Crippen LogP contribution in [0.4, 0.5) is 0 Å². The molecule has 1 aromatic carbocycles. The van der Waals surface area contributed by atoms with E-state index in [1.165, 1.54) is 0 Å². The van der Waals surface area contributed by atoms with Crippen molar-refractivity contribution in [2.45, 2.75) is 19.8 Å². The molecule has 2 aromatic rings. The summed E-state index contributed by atoms with van der Waals surface area (Å²) >= 11 is 0. The average Bonchev–Trinajstić information content (AvgIpc) is 2.73. The van der Waals surface area contributed by atoms with Crippen LogP contribution in [0.3, 0.4) is 0 Å². The van der Waals surface area contributed by atoms with Gasteiger partial charge in [-0.2, -0.15) is 5.26 Å². The summed E-state index contributed by atoms with van der Waals surface area (Å²) in [5.74, 6) is 1.93. The van der Waals surface area contributed by atoms with Crippen LogP contribution in [-0.4, -0.2) is 14.2 Å². The van der Waals surface area contributed by atoms with Crippen molar-refractivity contribution in [2.75, 3.05) is 14.2 Å². The van der Waals surface area contributed by atoms with Crippen molar-refractivity contribution < 1.29 is 13.9 Å². The van der Waals surface area contributed by atoms with E-state index in [0.29, 0.717) is 22.6 Å². The molecule has 0 aliphatic heterocycles. The number of methoxy groups -OCH3 is 2. The Morgan fingerprint density at radius 2 is 1.89 bits per heavy atom. The zero-order valence-electron chi connectivity index (χ0n) is 10.7. The standard InChI is InChI=1S/C14H15NO3/c1-4-5-11-10(8-15)9-6-13(16-2)14(17-3)7-12(9)18-11/h6-7H,4-5H2,1-3H3. The first-order valence-corrected chi connectivity index (χ1v) is 5.82. The molecule has 0 spiro atoms. The Balaban J connectivity index is 2.70. The summed E-state index contributed by atoms with van der Waals surface area (Å²) in [5, 5.41) is 10.0. The van der Waals surface area contributed by atoms with E-state index in [-0.39, 0.29) is 0 Å². The number of aryl methyl sites for hydroxylation is 1. The van der Waals surface area contributed by atoms with Gasteiger partial charge in [0.05, 0.1) is 14.2 Å². The van der Waals surface area contributed by atoms with Gasteiger partial charge in [0.2, 0.25) is 0 Å². The second-order valence-electron chi connectivity index (χ2n) is 3.97. The lowest BCUT2D eigenvalue weighted by atomic mass is 10.1. The zero-order chi connectivity index (χ0) is 13.1. The molecule has 0 saturated heterocycles. The van der Waals surface area contributed by atoms with E-state index in [1.807, 2.05) is 0 Å². The minimum Gasteiger partial charge on any atom is -0.493 e. The van der Waals surface area contributed by atoms with E-state index >= 15 is 0 Å². The van der Waals surface area contributed by atoms with Gasteiger partial charge in [-0.25, -0.2) is 0 Å². The van der Waals surface area contributed by atoms with Gasteiger partial charge in [0.1, 0.15) is 23.0 Å². The molecule has 1 heterocycles. The monoisotopic (exact) mass is 245 g/mol. The number of nitriles is 1. The van der Waals surface area contributed by atoms with Gasteiger partial charge in [-0.3, -0.25) is 0 Å². The molecule has 0 bridgehead atoms. The molecule has 1 aromatic heterocycles. The largest absolute Gasteiger partial charge is 0.493 e. The molecule has 0 saturated carbocycles. The Bertz CT molecular complexity index is 608. The Morgan fingerprint density at radius 1 is 1.22 bits per heavy atom. The van der Waals surface area contributed by atoms with Gasteiger partial charge in [-0.15, -0.1) is 0 Å². The summed E-state index contributed by atoms with van der Waals surface area (Å²) in [6.45, 7) is 2.05. The average molecular weight is 245 g/mol. The van der Waals surface area contributed by atoms with Crippen molar-refractivity contribution in [1.29, 1.82) is 5.26 Å². The van der Waals surface area contributed by atoms with Crippen molar-refractivity contribution in [1.82, 2.24) is 0 Å². The Kier molecular flexibility index (Phi) is 3.42. The van der Waals surface area contributed by atoms with Crippen LogP contribution in [0, 0.1) is 11.3 Å². The third-order valence-electron chi connectivity index (χ3n) is 2.86. The molecule has 4 heteroatoms. The van der Waals surface area contributed by atoms with E-state index in [2.05, 4.69) is 13.0 Å². The molecule has 0 fully saturated rings. The number of hydrogen-bond acceptors (Lipinski definition) is 4. The molecular weight excluding hydrogens is 230 g/mol. The zero-order valence-corrected chi connectivity index (χ0v) is 10.7. The molecule has 0 unspecified atom stereocenters. The molecular formula is C14H15NO3. The van der Waals surface area contributed by atoms with Crippen molar-refractivity contribution in [2.24, 2.45) is 0 Å². The van der Waals surface area contributed by atoms with Gasteiger partial charge in [0, 0.05) is 17.9 Å². The smallest absolute Gasteiger partial charge is 0.164 e. The first kappa shape index (κ1) is 12.3. The van der Waals surface area contributed by atoms with Crippen LogP contribution in [0.15, 0.2) is 16.5 Å². The lowest BCUT2D eigenvalue weighted by Crippen LogP contribution is -1.90. The van der Waals surface area contributed by atoms with Crippen molar-refractivity contribution >= 4 is 11.0 Å². The summed E-state index contributed by atoms with van der Waals surface area (Å²) in [6.07, 6.45) is 1.69. The van der Waals surface area contributed by atoms with E-state index in [0.717, 1.165) is 24.0 Å². The number of benzene rings is 1. The van der Waals surface area contributed by atoms with Crippen molar-refractivity contribution in [3.63, 3.8) is 0 Å². The lowest BCUT2D eigenvalue weighted by Gasteiger charge is -2.06. The highest BCUT2D eigenvalue weighted by molar-refractivity contribution is 5.88.